The molecule has 1 unspecified atom stereocenters. The summed E-state index contributed by atoms with van der Waals surface area (Å²) in [6, 6.07) is 7.07. The molecule has 1 aromatic heterocycles. The second kappa shape index (κ2) is 8.63. The van der Waals surface area contributed by atoms with Gasteiger partial charge in [0, 0.05) is 30.6 Å². The van der Waals surface area contributed by atoms with Crippen LogP contribution in [0.1, 0.15) is 83.8 Å². The maximum Gasteiger partial charge on any atom is 0.185 e. The predicted octanol–water partition coefficient (Wildman–Crippen LogP) is 6.54. The molecule has 1 aliphatic carbocycles. The molecule has 3 nitrogen and oxygen atoms in total. The van der Waals surface area contributed by atoms with Crippen molar-refractivity contribution in [3.05, 3.63) is 34.7 Å². The molecule has 1 aromatic carbocycles. The first-order chi connectivity index (χ1) is 14.3. The van der Waals surface area contributed by atoms with Gasteiger partial charge in [-0.05, 0) is 72.5 Å². The van der Waals surface area contributed by atoms with Crippen LogP contribution in [0.2, 0.25) is 0 Å². The number of aromatic nitrogens is 1. The minimum atomic E-state index is 0.231. The number of aliphatic hydroxyl groups is 1. The molecule has 30 heavy (non-hydrogen) atoms. The molecule has 164 valence electrons. The number of hydrogen-bond donors (Lipinski definition) is 1. The van der Waals surface area contributed by atoms with E-state index in [1.165, 1.54) is 53.9 Å². The Hall–Kier alpha value is -1.39. The van der Waals surface area contributed by atoms with E-state index in [0.29, 0.717) is 6.61 Å². The van der Waals surface area contributed by atoms with E-state index in [4.69, 9.17) is 10.1 Å². The third kappa shape index (κ3) is 4.45. The molecule has 4 rings (SSSR count). The fraction of sp³-hybridized carbons (Fsp3) is 0.654. The van der Waals surface area contributed by atoms with Gasteiger partial charge in [-0.15, -0.1) is 11.3 Å². The van der Waals surface area contributed by atoms with E-state index in [0.717, 1.165) is 37.5 Å². The van der Waals surface area contributed by atoms with Crippen LogP contribution in [0, 0.1) is 5.92 Å². The largest absolute Gasteiger partial charge is 0.396 e. The lowest BCUT2D eigenvalue weighted by Crippen LogP contribution is -2.35. The second-order valence-electron chi connectivity index (χ2n) is 10.7. The Morgan fingerprint density at radius 1 is 1.10 bits per heavy atom. The number of nitrogens with zero attached hydrogens (tertiary/aromatic N) is 2. The Morgan fingerprint density at radius 2 is 1.87 bits per heavy atom. The normalized spacial score (nSPS) is 22.7. The summed E-state index contributed by atoms with van der Waals surface area (Å²) < 4.78 is 0. The number of fused-ring (bicyclic) bond motifs is 1. The summed E-state index contributed by atoms with van der Waals surface area (Å²) in [5.74, 6) is 0.740. The number of piperidine rings is 1. The lowest BCUT2D eigenvalue weighted by atomic mass is 9.63. The van der Waals surface area contributed by atoms with Crippen molar-refractivity contribution in [1.82, 2.24) is 4.98 Å². The van der Waals surface area contributed by atoms with Crippen LogP contribution in [0.4, 0.5) is 5.13 Å². The van der Waals surface area contributed by atoms with Crippen LogP contribution in [0.15, 0.2) is 23.6 Å². The number of anilines is 1. The van der Waals surface area contributed by atoms with E-state index < -0.39 is 0 Å². The summed E-state index contributed by atoms with van der Waals surface area (Å²) in [7, 11) is 0. The van der Waals surface area contributed by atoms with Gasteiger partial charge in [0.25, 0.3) is 0 Å². The second-order valence-corrected chi connectivity index (χ2v) is 11.6. The highest BCUT2D eigenvalue weighted by molar-refractivity contribution is 7.14. The zero-order chi connectivity index (χ0) is 21.4. The van der Waals surface area contributed by atoms with Crippen LogP contribution in [0.25, 0.3) is 11.3 Å². The van der Waals surface area contributed by atoms with Crippen LogP contribution in [0.5, 0.6) is 0 Å². The molecule has 0 bridgehead atoms. The van der Waals surface area contributed by atoms with Gasteiger partial charge >= 0.3 is 0 Å². The van der Waals surface area contributed by atoms with Gasteiger partial charge in [-0.25, -0.2) is 4.98 Å². The molecule has 0 amide bonds. The quantitative estimate of drug-likeness (QED) is 0.533. The number of thiazole rings is 1. The molecular formula is C26H38N2OS. The highest BCUT2D eigenvalue weighted by Gasteiger charge is 2.37. The molecule has 4 heteroatoms. The van der Waals surface area contributed by atoms with Crippen molar-refractivity contribution in [3.63, 3.8) is 0 Å². The lowest BCUT2D eigenvalue weighted by molar-refractivity contribution is 0.274. The van der Waals surface area contributed by atoms with Crippen LogP contribution >= 0.6 is 11.3 Å². The lowest BCUT2D eigenvalue weighted by Gasteiger charge is -2.42. The Kier molecular flexibility index (Phi) is 6.28. The van der Waals surface area contributed by atoms with Crippen molar-refractivity contribution >= 4 is 16.5 Å². The Labute approximate surface area is 186 Å². The zero-order valence-electron chi connectivity index (χ0n) is 19.2. The maximum absolute atomic E-state index is 9.05. The highest BCUT2D eigenvalue weighted by Crippen LogP contribution is 2.47. The van der Waals surface area contributed by atoms with E-state index in [1.54, 1.807) is 11.3 Å². The Morgan fingerprint density at radius 3 is 2.63 bits per heavy atom. The van der Waals surface area contributed by atoms with E-state index in [2.05, 4.69) is 56.2 Å². The standard InChI is InChI=1S/C26H38N2OS/c1-25(2)12-13-26(3,4)22-16-20(10-11-21(22)25)23-18-30-24(27-23)28-14-7-9-19(17-28)8-5-6-15-29/h10-11,16,18-19,29H,5-9,12-15,17H2,1-4H3. The van der Waals surface area contributed by atoms with Gasteiger partial charge < -0.3 is 10.0 Å². The minimum absolute atomic E-state index is 0.231. The van der Waals surface area contributed by atoms with Crippen molar-refractivity contribution in [1.29, 1.82) is 0 Å². The van der Waals surface area contributed by atoms with Crippen LogP contribution in [-0.2, 0) is 10.8 Å². The topological polar surface area (TPSA) is 36.4 Å². The van der Waals surface area contributed by atoms with Crippen molar-refractivity contribution in [3.8, 4) is 11.3 Å². The molecule has 1 fully saturated rings. The smallest absolute Gasteiger partial charge is 0.185 e. The van der Waals surface area contributed by atoms with E-state index in [9.17, 15) is 0 Å². The Balaban J connectivity index is 1.53. The molecule has 1 atom stereocenters. The molecular weight excluding hydrogens is 388 g/mol. The van der Waals surface area contributed by atoms with Gasteiger partial charge in [0.1, 0.15) is 0 Å². The fourth-order valence-corrected chi connectivity index (χ4v) is 6.18. The third-order valence-corrected chi connectivity index (χ3v) is 8.35. The summed E-state index contributed by atoms with van der Waals surface area (Å²) >= 11 is 1.79. The van der Waals surface area contributed by atoms with Crippen LogP contribution in [-0.4, -0.2) is 29.8 Å². The van der Waals surface area contributed by atoms with Crippen molar-refractivity contribution in [2.75, 3.05) is 24.6 Å². The SMILES string of the molecule is CC1(C)CCC(C)(C)c2cc(-c3csc(N4CCCC(CCCCO)C4)n3)ccc21. The zero-order valence-corrected chi connectivity index (χ0v) is 20.0. The summed E-state index contributed by atoms with van der Waals surface area (Å²) in [4.78, 5) is 7.57. The summed E-state index contributed by atoms with van der Waals surface area (Å²) in [5.41, 5.74) is 5.90. The summed E-state index contributed by atoms with van der Waals surface area (Å²) in [5, 5.41) is 12.5. The van der Waals surface area contributed by atoms with Gasteiger partial charge in [0.15, 0.2) is 5.13 Å². The molecule has 0 radical (unpaired) electrons. The number of benzene rings is 1. The number of aliphatic hydroxyl groups excluding tert-OH is 1. The monoisotopic (exact) mass is 426 g/mol. The summed E-state index contributed by atoms with van der Waals surface area (Å²) in [6.45, 7) is 12.1. The van der Waals surface area contributed by atoms with Gasteiger partial charge in [-0.1, -0.05) is 46.2 Å². The average Bonchev–Trinajstić information content (AvgIpc) is 3.22. The molecule has 2 heterocycles. The van der Waals surface area contributed by atoms with Crippen LogP contribution < -0.4 is 4.90 Å². The molecule has 2 aromatic rings. The highest BCUT2D eigenvalue weighted by atomic mass is 32.1. The fourth-order valence-electron chi connectivity index (χ4n) is 5.31. The van der Waals surface area contributed by atoms with Gasteiger partial charge in [-0.2, -0.15) is 0 Å². The predicted molar refractivity (Wildman–Crippen MR) is 129 cm³/mol. The first kappa shape index (κ1) is 21.8. The number of rotatable bonds is 6. The van der Waals surface area contributed by atoms with Gasteiger partial charge in [0.05, 0.1) is 5.69 Å². The van der Waals surface area contributed by atoms with Crippen LogP contribution in [0.3, 0.4) is 0 Å². The molecule has 1 aliphatic heterocycles. The third-order valence-electron chi connectivity index (χ3n) is 7.45. The van der Waals surface area contributed by atoms with Crippen molar-refractivity contribution in [2.45, 2.75) is 83.5 Å². The molecule has 0 spiro atoms. The average molecular weight is 427 g/mol. The Bertz CT molecular complexity index is 870. The first-order valence-electron chi connectivity index (χ1n) is 11.8. The van der Waals surface area contributed by atoms with Gasteiger partial charge in [-0.3, -0.25) is 0 Å². The minimum Gasteiger partial charge on any atom is -0.396 e. The van der Waals surface area contributed by atoms with E-state index in [1.807, 2.05) is 0 Å². The summed E-state index contributed by atoms with van der Waals surface area (Å²) in [6.07, 6.45) is 8.36. The van der Waals surface area contributed by atoms with E-state index >= 15 is 0 Å². The molecule has 0 saturated carbocycles. The van der Waals surface area contributed by atoms with Crippen molar-refractivity contribution in [2.24, 2.45) is 5.92 Å². The molecule has 1 N–H and O–H groups in total. The number of hydrogen-bond acceptors (Lipinski definition) is 4. The van der Waals surface area contributed by atoms with E-state index in [-0.39, 0.29) is 10.8 Å². The first-order valence-corrected chi connectivity index (χ1v) is 12.6. The van der Waals surface area contributed by atoms with Crippen molar-refractivity contribution < 1.29 is 5.11 Å². The van der Waals surface area contributed by atoms with Gasteiger partial charge in [0.2, 0.25) is 0 Å². The maximum atomic E-state index is 9.05. The molecule has 1 saturated heterocycles. The number of unbranched alkanes of at least 4 members (excludes halogenated alkanes) is 1. The molecule has 2 aliphatic rings.